The van der Waals surface area contributed by atoms with Gasteiger partial charge in [-0.1, -0.05) is 13.3 Å². The van der Waals surface area contributed by atoms with Gasteiger partial charge in [-0.15, -0.1) is 0 Å². The number of hydrogen-bond acceptors (Lipinski definition) is 4. The Kier molecular flexibility index (Phi) is 7.54. The molecule has 0 heterocycles. The van der Waals surface area contributed by atoms with Crippen LogP contribution in [0, 0.1) is 0 Å². The molecule has 0 rings (SSSR count). The monoisotopic (exact) mass is 244 g/mol. The second-order valence-electron chi connectivity index (χ2n) is 4.44. The number of methoxy groups -OCH3 is 1. The van der Waals surface area contributed by atoms with Crippen LogP contribution in [0.15, 0.2) is 0 Å². The van der Waals surface area contributed by atoms with Gasteiger partial charge in [0, 0.05) is 18.5 Å². The van der Waals surface area contributed by atoms with E-state index in [9.17, 15) is 9.59 Å². The number of ether oxygens (including phenoxy) is 1. The van der Waals surface area contributed by atoms with Crippen molar-refractivity contribution in [2.24, 2.45) is 5.73 Å². The van der Waals surface area contributed by atoms with Gasteiger partial charge in [0.2, 0.25) is 5.91 Å². The fourth-order valence-electron chi connectivity index (χ4n) is 1.58. The van der Waals surface area contributed by atoms with E-state index in [0.717, 1.165) is 12.8 Å². The maximum Gasteiger partial charge on any atom is 0.325 e. The molecule has 5 heteroatoms. The van der Waals surface area contributed by atoms with E-state index in [1.165, 1.54) is 12.0 Å². The molecule has 0 aliphatic rings. The second kappa shape index (κ2) is 8.06. The molecule has 0 saturated heterocycles. The van der Waals surface area contributed by atoms with Crippen molar-refractivity contribution in [1.29, 1.82) is 0 Å². The molecule has 0 aromatic rings. The molecule has 5 nitrogen and oxygen atoms in total. The molecule has 0 spiro atoms. The predicted octanol–water partition coefficient (Wildman–Crippen LogP) is 0.914. The van der Waals surface area contributed by atoms with Crippen LogP contribution in [0.1, 0.15) is 40.0 Å². The van der Waals surface area contributed by atoms with E-state index in [2.05, 4.69) is 4.74 Å². The minimum atomic E-state index is -0.406. The summed E-state index contributed by atoms with van der Waals surface area (Å²) < 4.78 is 4.57. The molecule has 0 saturated carbocycles. The number of hydrogen-bond donors (Lipinski definition) is 1. The molecule has 2 N–H and O–H groups in total. The molecular weight excluding hydrogens is 220 g/mol. The van der Waals surface area contributed by atoms with Gasteiger partial charge in [-0.2, -0.15) is 0 Å². The SMILES string of the molecule is CCCC(N)CC(=O)N(CC(=O)OC)C(C)C. The van der Waals surface area contributed by atoms with Gasteiger partial charge in [0.15, 0.2) is 0 Å². The van der Waals surface area contributed by atoms with Crippen LogP contribution in [0.4, 0.5) is 0 Å². The zero-order chi connectivity index (χ0) is 13.4. The molecule has 1 unspecified atom stereocenters. The smallest absolute Gasteiger partial charge is 0.325 e. The van der Waals surface area contributed by atoms with Crippen molar-refractivity contribution in [3.8, 4) is 0 Å². The van der Waals surface area contributed by atoms with Gasteiger partial charge in [0.1, 0.15) is 6.54 Å². The zero-order valence-corrected chi connectivity index (χ0v) is 11.2. The first-order valence-corrected chi connectivity index (χ1v) is 6.04. The Labute approximate surface area is 103 Å². The quantitative estimate of drug-likeness (QED) is 0.676. The van der Waals surface area contributed by atoms with Crippen LogP contribution in [-0.2, 0) is 14.3 Å². The van der Waals surface area contributed by atoms with E-state index in [-0.39, 0.29) is 31.0 Å². The van der Waals surface area contributed by atoms with E-state index in [1.54, 1.807) is 0 Å². The average molecular weight is 244 g/mol. The highest BCUT2D eigenvalue weighted by molar-refractivity contribution is 5.82. The zero-order valence-electron chi connectivity index (χ0n) is 11.2. The minimum Gasteiger partial charge on any atom is -0.468 e. The van der Waals surface area contributed by atoms with Gasteiger partial charge in [-0.3, -0.25) is 9.59 Å². The number of nitrogens with two attached hydrogens (primary N) is 1. The summed E-state index contributed by atoms with van der Waals surface area (Å²) in [5.74, 6) is -0.498. The highest BCUT2D eigenvalue weighted by Crippen LogP contribution is 2.06. The standard InChI is InChI=1S/C12H24N2O3/c1-5-6-10(13)7-11(15)14(9(2)3)8-12(16)17-4/h9-10H,5-8,13H2,1-4H3. The summed E-state index contributed by atoms with van der Waals surface area (Å²) in [4.78, 5) is 24.7. The fraction of sp³-hybridized carbons (Fsp3) is 0.833. The largest absolute Gasteiger partial charge is 0.468 e. The molecule has 1 atom stereocenters. The van der Waals surface area contributed by atoms with Crippen molar-refractivity contribution in [2.45, 2.75) is 52.1 Å². The van der Waals surface area contributed by atoms with E-state index < -0.39 is 5.97 Å². The number of carbonyl (C=O) groups is 2. The second-order valence-corrected chi connectivity index (χ2v) is 4.44. The summed E-state index contributed by atoms with van der Waals surface area (Å²) in [5, 5.41) is 0. The van der Waals surface area contributed by atoms with Crippen molar-refractivity contribution >= 4 is 11.9 Å². The van der Waals surface area contributed by atoms with Crippen LogP contribution in [0.25, 0.3) is 0 Å². The van der Waals surface area contributed by atoms with Gasteiger partial charge in [0.05, 0.1) is 7.11 Å². The van der Waals surface area contributed by atoms with Crippen molar-refractivity contribution < 1.29 is 14.3 Å². The summed E-state index contributed by atoms with van der Waals surface area (Å²) in [7, 11) is 1.31. The number of carbonyl (C=O) groups excluding carboxylic acids is 2. The lowest BCUT2D eigenvalue weighted by molar-refractivity contribution is -0.148. The van der Waals surface area contributed by atoms with E-state index in [4.69, 9.17) is 5.73 Å². The van der Waals surface area contributed by atoms with Gasteiger partial charge in [-0.25, -0.2) is 0 Å². The van der Waals surface area contributed by atoms with Crippen LogP contribution >= 0.6 is 0 Å². The molecule has 1 amide bonds. The topological polar surface area (TPSA) is 72.6 Å². The average Bonchev–Trinajstić information content (AvgIpc) is 2.24. The summed E-state index contributed by atoms with van der Waals surface area (Å²) in [5.41, 5.74) is 5.82. The van der Waals surface area contributed by atoms with E-state index in [1.807, 2.05) is 20.8 Å². The molecule has 17 heavy (non-hydrogen) atoms. The third-order valence-corrected chi connectivity index (χ3v) is 2.57. The number of nitrogens with zero attached hydrogens (tertiary/aromatic N) is 1. The molecule has 0 bridgehead atoms. The molecule has 0 aliphatic carbocycles. The van der Waals surface area contributed by atoms with Crippen LogP contribution in [0.3, 0.4) is 0 Å². The van der Waals surface area contributed by atoms with Gasteiger partial charge in [0.25, 0.3) is 0 Å². The predicted molar refractivity (Wildman–Crippen MR) is 66.4 cm³/mol. The van der Waals surface area contributed by atoms with Crippen LogP contribution in [0.5, 0.6) is 0 Å². The van der Waals surface area contributed by atoms with Crippen molar-refractivity contribution in [3.63, 3.8) is 0 Å². The normalized spacial score (nSPS) is 12.4. The van der Waals surface area contributed by atoms with Crippen molar-refractivity contribution in [1.82, 2.24) is 4.90 Å². The highest BCUT2D eigenvalue weighted by Gasteiger charge is 2.21. The Morgan fingerprint density at radius 1 is 1.35 bits per heavy atom. The Morgan fingerprint density at radius 2 is 1.94 bits per heavy atom. The number of esters is 1. The van der Waals surface area contributed by atoms with E-state index >= 15 is 0 Å². The first-order valence-electron chi connectivity index (χ1n) is 6.04. The fourth-order valence-corrected chi connectivity index (χ4v) is 1.58. The maximum atomic E-state index is 12.0. The lowest BCUT2D eigenvalue weighted by atomic mass is 10.1. The Bertz CT molecular complexity index is 254. The van der Waals surface area contributed by atoms with Crippen LogP contribution in [0.2, 0.25) is 0 Å². The molecule has 0 radical (unpaired) electrons. The number of rotatable bonds is 7. The third-order valence-electron chi connectivity index (χ3n) is 2.57. The number of amides is 1. The Balaban J connectivity index is 4.39. The first kappa shape index (κ1) is 15.9. The van der Waals surface area contributed by atoms with Crippen LogP contribution < -0.4 is 5.73 Å². The van der Waals surface area contributed by atoms with Gasteiger partial charge >= 0.3 is 5.97 Å². The molecule has 0 fully saturated rings. The minimum absolute atomic E-state index is 0.00809. The van der Waals surface area contributed by atoms with Gasteiger partial charge < -0.3 is 15.4 Å². The van der Waals surface area contributed by atoms with Gasteiger partial charge in [-0.05, 0) is 20.3 Å². The Hall–Kier alpha value is -1.10. The van der Waals surface area contributed by atoms with Crippen molar-refractivity contribution in [3.05, 3.63) is 0 Å². The lowest BCUT2D eigenvalue weighted by Gasteiger charge is -2.26. The summed E-state index contributed by atoms with van der Waals surface area (Å²) >= 11 is 0. The van der Waals surface area contributed by atoms with Crippen LogP contribution in [-0.4, -0.2) is 42.5 Å². The van der Waals surface area contributed by atoms with E-state index in [0.29, 0.717) is 0 Å². The maximum absolute atomic E-state index is 12.0. The molecule has 0 aliphatic heterocycles. The first-order chi connectivity index (χ1) is 7.92. The molecule has 0 aromatic carbocycles. The highest BCUT2D eigenvalue weighted by atomic mass is 16.5. The Morgan fingerprint density at radius 3 is 2.35 bits per heavy atom. The third kappa shape index (κ3) is 6.26. The van der Waals surface area contributed by atoms with Crippen molar-refractivity contribution in [2.75, 3.05) is 13.7 Å². The lowest BCUT2D eigenvalue weighted by Crippen LogP contribution is -2.43. The summed E-state index contributed by atoms with van der Waals surface area (Å²) in [6.07, 6.45) is 2.05. The summed E-state index contributed by atoms with van der Waals surface area (Å²) in [6, 6.07) is -0.165. The molecule has 100 valence electrons. The molecular formula is C12H24N2O3. The molecule has 0 aromatic heterocycles. The summed E-state index contributed by atoms with van der Waals surface area (Å²) in [6.45, 7) is 5.75.